The molecule has 3 heterocycles. The van der Waals surface area contributed by atoms with Gasteiger partial charge >= 0.3 is 0 Å². The van der Waals surface area contributed by atoms with E-state index in [1.54, 1.807) is 0 Å². The molecule has 3 fully saturated rings. The maximum absolute atomic E-state index is 10.6. The highest BCUT2D eigenvalue weighted by Gasteiger charge is 2.52. The number of hydrogen-bond donors (Lipinski definition) is 10. The van der Waals surface area contributed by atoms with Crippen molar-refractivity contribution >= 4 is 0 Å². The lowest BCUT2D eigenvalue weighted by Gasteiger charge is -2.47. The molecule has 0 aliphatic carbocycles. The van der Waals surface area contributed by atoms with Crippen LogP contribution in [0.1, 0.15) is 6.92 Å². The Balaban J connectivity index is 1.67. The largest absolute Gasteiger partial charge is 0.394 e. The van der Waals surface area contributed by atoms with Crippen molar-refractivity contribution in [1.29, 1.82) is 0 Å². The number of rotatable bonds is 6. The summed E-state index contributed by atoms with van der Waals surface area (Å²) in [5, 5.41) is 99.5. The van der Waals surface area contributed by atoms with E-state index >= 15 is 0 Å². The molecule has 33 heavy (non-hydrogen) atoms. The van der Waals surface area contributed by atoms with Crippen LogP contribution in [0.2, 0.25) is 0 Å². The number of ether oxygens (including phenoxy) is 5. The summed E-state index contributed by atoms with van der Waals surface area (Å²) in [6, 6.07) is 0. The highest BCUT2D eigenvalue weighted by molar-refractivity contribution is 4.95. The molecule has 3 rings (SSSR count). The number of aliphatic hydroxyl groups excluding tert-OH is 10. The van der Waals surface area contributed by atoms with Gasteiger partial charge in [-0.05, 0) is 6.92 Å². The highest BCUT2D eigenvalue weighted by atomic mass is 16.7. The first-order valence-corrected chi connectivity index (χ1v) is 10.4. The minimum atomic E-state index is -1.82. The Morgan fingerprint density at radius 2 is 1.06 bits per heavy atom. The fraction of sp³-hybridized carbons (Fsp3) is 1.00. The molecule has 0 spiro atoms. The zero-order chi connectivity index (χ0) is 24.6. The second kappa shape index (κ2) is 11.0. The van der Waals surface area contributed by atoms with E-state index in [9.17, 15) is 51.1 Å². The summed E-state index contributed by atoms with van der Waals surface area (Å²) >= 11 is 0. The van der Waals surface area contributed by atoms with Crippen molar-refractivity contribution in [3.8, 4) is 0 Å². The standard InChI is InChI=1S/C18H32O15/c1-4-14(32-18-11(25)9(23)7(21)5(2-19)31-18)10(24)12(26)17(29-4)33-15-8(22)6(3-20)30-16(28)13(15)27/h4-28H,2-3H2,1H3/t4-,5+,6+,7+,8-,9-,10-,11-,12+,13+,14-,15-,16?,17+,18+/m0/s1. The molecule has 0 aromatic rings. The lowest BCUT2D eigenvalue weighted by atomic mass is 9.96. The summed E-state index contributed by atoms with van der Waals surface area (Å²) in [7, 11) is 0. The molecule has 15 nitrogen and oxygen atoms in total. The Labute approximate surface area is 187 Å². The molecule has 0 bridgehead atoms. The average molecular weight is 488 g/mol. The van der Waals surface area contributed by atoms with Gasteiger partial charge in [0, 0.05) is 0 Å². The number of aliphatic hydroxyl groups is 10. The van der Waals surface area contributed by atoms with E-state index in [0.717, 1.165) is 0 Å². The van der Waals surface area contributed by atoms with Crippen molar-refractivity contribution in [2.75, 3.05) is 13.2 Å². The molecule has 0 aromatic carbocycles. The molecule has 15 heteroatoms. The van der Waals surface area contributed by atoms with Crippen molar-refractivity contribution in [3.63, 3.8) is 0 Å². The monoisotopic (exact) mass is 488 g/mol. The Kier molecular flexibility index (Phi) is 8.99. The van der Waals surface area contributed by atoms with Gasteiger partial charge in [-0.25, -0.2) is 0 Å². The first-order chi connectivity index (χ1) is 15.5. The Morgan fingerprint density at radius 3 is 1.67 bits per heavy atom. The van der Waals surface area contributed by atoms with Crippen LogP contribution in [0.3, 0.4) is 0 Å². The summed E-state index contributed by atoms with van der Waals surface area (Å²) in [5.74, 6) is 0. The molecule has 10 N–H and O–H groups in total. The van der Waals surface area contributed by atoms with E-state index < -0.39 is 105 Å². The minimum absolute atomic E-state index is 0.695. The lowest BCUT2D eigenvalue weighted by molar-refractivity contribution is -0.374. The van der Waals surface area contributed by atoms with Crippen LogP contribution in [-0.4, -0.2) is 156 Å². The van der Waals surface area contributed by atoms with Gasteiger partial charge < -0.3 is 74.7 Å². The van der Waals surface area contributed by atoms with Gasteiger partial charge in [0.1, 0.15) is 67.1 Å². The van der Waals surface area contributed by atoms with E-state index in [1.807, 2.05) is 0 Å². The summed E-state index contributed by atoms with van der Waals surface area (Å²) in [4.78, 5) is 0. The molecule has 0 saturated carbocycles. The topological polar surface area (TPSA) is 248 Å². The van der Waals surface area contributed by atoms with Gasteiger partial charge in [-0.2, -0.15) is 0 Å². The first-order valence-electron chi connectivity index (χ1n) is 10.4. The van der Waals surface area contributed by atoms with Gasteiger partial charge in [0.05, 0.1) is 19.3 Å². The van der Waals surface area contributed by atoms with Crippen molar-refractivity contribution in [1.82, 2.24) is 0 Å². The lowest BCUT2D eigenvalue weighted by Crippen LogP contribution is -2.65. The van der Waals surface area contributed by atoms with Crippen LogP contribution in [0.4, 0.5) is 0 Å². The van der Waals surface area contributed by atoms with Crippen molar-refractivity contribution in [3.05, 3.63) is 0 Å². The van der Waals surface area contributed by atoms with Crippen LogP contribution in [-0.2, 0) is 23.7 Å². The van der Waals surface area contributed by atoms with Crippen LogP contribution >= 0.6 is 0 Å². The second-order valence-electron chi connectivity index (χ2n) is 8.32. The van der Waals surface area contributed by atoms with E-state index in [4.69, 9.17) is 23.7 Å². The third kappa shape index (κ3) is 5.32. The van der Waals surface area contributed by atoms with Gasteiger partial charge in [0.2, 0.25) is 0 Å². The van der Waals surface area contributed by atoms with Gasteiger partial charge in [0.15, 0.2) is 18.9 Å². The Hall–Kier alpha value is -0.600. The molecule has 15 atom stereocenters. The fourth-order valence-corrected chi connectivity index (χ4v) is 4.02. The molecule has 3 saturated heterocycles. The van der Waals surface area contributed by atoms with Crippen LogP contribution < -0.4 is 0 Å². The molecule has 3 aliphatic heterocycles. The van der Waals surface area contributed by atoms with E-state index in [2.05, 4.69) is 0 Å². The third-order valence-electron chi connectivity index (χ3n) is 6.05. The molecular weight excluding hydrogens is 456 g/mol. The fourth-order valence-electron chi connectivity index (χ4n) is 4.02. The Bertz CT molecular complexity index is 624. The highest BCUT2D eigenvalue weighted by Crippen LogP contribution is 2.31. The Morgan fingerprint density at radius 1 is 0.545 bits per heavy atom. The quantitative estimate of drug-likeness (QED) is 0.167. The van der Waals surface area contributed by atoms with Crippen molar-refractivity contribution in [2.24, 2.45) is 0 Å². The normalized spacial score (nSPS) is 53.7. The van der Waals surface area contributed by atoms with Gasteiger partial charge in [0.25, 0.3) is 0 Å². The molecule has 1 unspecified atom stereocenters. The molecule has 194 valence electrons. The molecular formula is C18H32O15. The molecule has 3 aliphatic rings. The molecule has 0 radical (unpaired) electrons. The second-order valence-corrected chi connectivity index (χ2v) is 8.32. The van der Waals surface area contributed by atoms with Gasteiger partial charge in [-0.1, -0.05) is 0 Å². The van der Waals surface area contributed by atoms with E-state index in [0.29, 0.717) is 0 Å². The predicted molar refractivity (Wildman–Crippen MR) is 99.8 cm³/mol. The van der Waals surface area contributed by atoms with Crippen LogP contribution in [0, 0.1) is 0 Å². The zero-order valence-corrected chi connectivity index (χ0v) is 17.6. The summed E-state index contributed by atoms with van der Waals surface area (Å²) in [6.45, 7) is 0.00827. The maximum atomic E-state index is 10.6. The van der Waals surface area contributed by atoms with Gasteiger partial charge in [-0.3, -0.25) is 0 Å². The van der Waals surface area contributed by atoms with Crippen LogP contribution in [0.15, 0.2) is 0 Å². The SMILES string of the molecule is C[C@@H]1O[C@H](O[C@H]2[C@@H](O)[C@@H](CO)OC(O)[C@@H]2O)[C@H](O)[C@H](O)[C@H]1O[C@H]1O[C@H](CO)[C@@H](O)[C@H](O)[C@@H]1O. The zero-order valence-electron chi connectivity index (χ0n) is 17.6. The maximum Gasteiger partial charge on any atom is 0.187 e. The van der Waals surface area contributed by atoms with E-state index in [-0.39, 0.29) is 0 Å². The van der Waals surface area contributed by atoms with Crippen molar-refractivity contribution in [2.45, 2.75) is 99.0 Å². The van der Waals surface area contributed by atoms with Gasteiger partial charge in [-0.15, -0.1) is 0 Å². The number of hydrogen-bond acceptors (Lipinski definition) is 15. The summed E-state index contributed by atoms with van der Waals surface area (Å²) in [6.07, 6.45) is -23.5. The van der Waals surface area contributed by atoms with E-state index in [1.165, 1.54) is 6.92 Å². The predicted octanol–water partition coefficient (Wildman–Crippen LogP) is -6.55. The third-order valence-corrected chi connectivity index (χ3v) is 6.05. The average Bonchev–Trinajstić information content (AvgIpc) is 2.79. The molecule has 0 amide bonds. The summed E-state index contributed by atoms with van der Waals surface area (Å²) < 4.78 is 26.5. The van der Waals surface area contributed by atoms with Crippen molar-refractivity contribution < 1.29 is 74.7 Å². The molecule has 0 aromatic heterocycles. The first kappa shape index (κ1) is 27.0. The smallest absolute Gasteiger partial charge is 0.187 e. The van der Waals surface area contributed by atoms with Crippen LogP contribution in [0.25, 0.3) is 0 Å². The van der Waals surface area contributed by atoms with Crippen LogP contribution in [0.5, 0.6) is 0 Å². The summed E-state index contributed by atoms with van der Waals surface area (Å²) in [5.41, 5.74) is 0. The minimum Gasteiger partial charge on any atom is -0.394 e.